The van der Waals surface area contributed by atoms with Crippen LogP contribution in [0, 0.1) is 52.3 Å². The van der Waals surface area contributed by atoms with Crippen LogP contribution in [0.15, 0.2) is 0 Å². The molecule has 2 N–H and O–H groups in total. The van der Waals surface area contributed by atoms with Gasteiger partial charge in [0.05, 0.1) is 18.8 Å². The Morgan fingerprint density at radius 2 is 1.61 bits per heavy atom. The molecule has 6 rings (SSSR count). The maximum Gasteiger partial charge on any atom is 0.197 e. The van der Waals surface area contributed by atoms with Crippen molar-refractivity contribution in [3.63, 3.8) is 0 Å². The maximum atomic E-state index is 11.0. The molecule has 2 heterocycles. The van der Waals surface area contributed by atoms with Gasteiger partial charge < -0.3 is 19.7 Å². The Balaban J connectivity index is 1.27. The van der Waals surface area contributed by atoms with Crippen LogP contribution in [0.5, 0.6) is 0 Å². The Morgan fingerprint density at radius 3 is 2.39 bits per heavy atom. The van der Waals surface area contributed by atoms with Gasteiger partial charge in [-0.3, -0.25) is 0 Å². The van der Waals surface area contributed by atoms with E-state index in [2.05, 4.69) is 27.7 Å². The fraction of sp³-hybridized carbons (Fsp3) is 1.00. The summed E-state index contributed by atoms with van der Waals surface area (Å²) in [5.41, 5.74) is 0.728. The van der Waals surface area contributed by atoms with E-state index in [9.17, 15) is 10.2 Å². The predicted octanol–water partition coefficient (Wildman–Crippen LogP) is 4.76. The van der Waals surface area contributed by atoms with Crippen LogP contribution in [0.2, 0.25) is 0 Å². The third kappa shape index (κ3) is 2.74. The first-order valence-electron chi connectivity index (χ1n) is 13.4. The van der Waals surface area contributed by atoms with Crippen molar-refractivity contribution >= 4 is 0 Å². The lowest BCUT2D eigenvalue weighted by molar-refractivity contribution is -0.316. The molecule has 4 aliphatic carbocycles. The highest BCUT2D eigenvalue weighted by atomic mass is 16.7. The average molecular weight is 433 g/mol. The summed E-state index contributed by atoms with van der Waals surface area (Å²) in [6, 6.07) is 0. The molecule has 6 aliphatic rings. The second-order valence-corrected chi connectivity index (χ2v) is 13.2. The number of aliphatic hydroxyl groups is 2. The number of rotatable bonds is 0. The molecule has 0 amide bonds. The van der Waals surface area contributed by atoms with Crippen molar-refractivity contribution in [2.45, 2.75) is 110 Å². The molecule has 2 saturated heterocycles. The van der Waals surface area contributed by atoms with Crippen LogP contribution in [0.1, 0.15) is 85.5 Å². The Hall–Kier alpha value is -0.160. The largest absolute Gasteiger partial charge is 0.393 e. The quantitative estimate of drug-likeness (QED) is 0.579. The first-order valence-corrected chi connectivity index (χ1v) is 13.4. The van der Waals surface area contributed by atoms with E-state index < -0.39 is 11.9 Å². The molecule has 0 aromatic rings. The van der Waals surface area contributed by atoms with E-state index in [-0.39, 0.29) is 18.1 Å². The molecule has 4 heteroatoms. The molecule has 176 valence electrons. The summed E-state index contributed by atoms with van der Waals surface area (Å²) < 4.78 is 13.1. The summed E-state index contributed by atoms with van der Waals surface area (Å²) in [5, 5.41) is 21.3. The predicted molar refractivity (Wildman–Crippen MR) is 119 cm³/mol. The third-order valence-corrected chi connectivity index (χ3v) is 11.9. The van der Waals surface area contributed by atoms with Crippen LogP contribution in [0.3, 0.4) is 0 Å². The van der Waals surface area contributed by atoms with Crippen LogP contribution in [0.4, 0.5) is 0 Å². The number of aliphatic hydroxyl groups excluding tert-OH is 2. The second kappa shape index (κ2) is 6.93. The SMILES string of the molecule is C[C@@H]1CO[C@@]2(O[C@H]3C[C@@H]4[C@@H]5CC[C@H]6C[C@@H](O)CC[C@]6(C)[C@@H]5CC[C@]4(C)[C@H]3[C@@H]2C)[C@@H](O)C1. The van der Waals surface area contributed by atoms with Gasteiger partial charge >= 0.3 is 0 Å². The number of fused-ring (bicyclic) bond motifs is 7. The molecule has 0 unspecified atom stereocenters. The molecule has 13 atom stereocenters. The Kier molecular flexibility index (Phi) is 4.78. The van der Waals surface area contributed by atoms with E-state index in [1.54, 1.807) is 0 Å². The van der Waals surface area contributed by atoms with Gasteiger partial charge in [-0.25, -0.2) is 0 Å². The lowest BCUT2D eigenvalue weighted by Crippen LogP contribution is -2.57. The molecule has 0 aromatic heterocycles. The zero-order valence-corrected chi connectivity index (χ0v) is 20.1. The molecule has 4 saturated carbocycles. The molecule has 0 aromatic carbocycles. The van der Waals surface area contributed by atoms with Gasteiger partial charge in [0.25, 0.3) is 0 Å². The topological polar surface area (TPSA) is 58.9 Å². The number of hydrogen-bond donors (Lipinski definition) is 2. The average Bonchev–Trinajstić information content (AvgIpc) is 3.17. The fourth-order valence-electron chi connectivity index (χ4n) is 10.4. The Bertz CT molecular complexity index is 726. The van der Waals surface area contributed by atoms with Gasteiger partial charge in [0.1, 0.15) is 6.10 Å². The van der Waals surface area contributed by atoms with Crippen molar-refractivity contribution in [3.05, 3.63) is 0 Å². The molecule has 4 nitrogen and oxygen atoms in total. The van der Waals surface area contributed by atoms with Crippen LogP contribution in [-0.4, -0.2) is 40.9 Å². The van der Waals surface area contributed by atoms with E-state index >= 15 is 0 Å². The van der Waals surface area contributed by atoms with Gasteiger partial charge in [0.15, 0.2) is 5.79 Å². The molecular weight excluding hydrogens is 388 g/mol. The smallest absolute Gasteiger partial charge is 0.197 e. The van der Waals surface area contributed by atoms with E-state index in [0.717, 1.165) is 43.4 Å². The molecule has 0 radical (unpaired) electrons. The van der Waals surface area contributed by atoms with Gasteiger partial charge in [-0.1, -0.05) is 27.7 Å². The number of hydrogen-bond acceptors (Lipinski definition) is 4. The van der Waals surface area contributed by atoms with Crippen LogP contribution >= 0.6 is 0 Å². The van der Waals surface area contributed by atoms with Crippen LogP contribution in [0.25, 0.3) is 0 Å². The van der Waals surface area contributed by atoms with Gasteiger partial charge in [-0.2, -0.15) is 0 Å². The summed E-state index contributed by atoms with van der Waals surface area (Å²) in [5.74, 6) is 3.47. The zero-order chi connectivity index (χ0) is 21.8. The first-order chi connectivity index (χ1) is 14.7. The molecule has 31 heavy (non-hydrogen) atoms. The highest BCUT2D eigenvalue weighted by Gasteiger charge is 2.70. The van der Waals surface area contributed by atoms with E-state index in [0.29, 0.717) is 35.2 Å². The third-order valence-electron chi connectivity index (χ3n) is 11.9. The Morgan fingerprint density at radius 1 is 0.839 bits per heavy atom. The number of ether oxygens (including phenoxy) is 2. The van der Waals surface area contributed by atoms with Gasteiger partial charge in [0, 0.05) is 5.92 Å². The van der Waals surface area contributed by atoms with Crippen LogP contribution in [-0.2, 0) is 9.47 Å². The van der Waals surface area contributed by atoms with Gasteiger partial charge in [0.2, 0.25) is 0 Å². The van der Waals surface area contributed by atoms with Crippen molar-refractivity contribution in [2.75, 3.05) is 6.61 Å². The van der Waals surface area contributed by atoms with Crippen molar-refractivity contribution < 1.29 is 19.7 Å². The minimum Gasteiger partial charge on any atom is -0.393 e. The van der Waals surface area contributed by atoms with E-state index in [4.69, 9.17) is 9.47 Å². The minimum absolute atomic E-state index is 0.0654. The maximum absolute atomic E-state index is 11.0. The molecular formula is C27H44O4. The summed E-state index contributed by atoms with van der Waals surface area (Å²) in [6.07, 6.45) is 10.1. The lowest BCUT2D eigenvalue weighted by atomic mass is 9.44. The highest BCUT2D eigenvalue weighted by Crippen LogP contribution is 2.71. The highest BCUT2D eigenvalue weighted by molar-refractivity contribution is 5.16. The van der Waals surface area contributed by atoms with Gasteiger partial charge in [-0.05, 0) is 104 Å². The van der Waals surface area contributed by atoms with E-state index in [1.165, 1.54) is 32.1 Å². The minimum atomic E-state index is -0.768. The second-order valence-electron chi connectivity index (χ2n) is 13.2. The zero-order valence-electron chi connectivity index (χ0n) is 20.1. The molecule has 0 bridgehead atoms. The first kappa shape index (κ1) is 21.4. The van der Waals surface area contributed by atoms with Crippen LogP contribution < -0.4 is 0 Å². The Labute approximate surface area is 188 Å². The normalized spacial score (nSPS) is 63.3. The summed E-state index contributed by atoms with van der Waals surface area (Å²) in [7, 11) is 0. The lowest BCUT2D eigenvalue weighted by Gasteiger charge is -2.61. The summed E-state index contributed by atoms with van der Waals surface area (Å²) in [4.78, 5) is 0. The van der Waals surface area contributed by atoms with Crippen molar-refractivity contribution in [1.29, 1.82) is 0 Å². The summed E-state index contributed by atoms with van der Waals surface area (Å²) >= 11 is 0. The fourth-order valence-corrected chi connectivity index (χ4v) is 10.4. The van der Waals surface area contributed by atoms with Gasteiger partial charge in [-0.15, -0.1) is 0 Å². The van der Waals surface area contributed by atoms with Crippen molar-refractivity contribution in [2.24, 2.45) is 52.3 Å². The molecule has 6 fully saturated rings. The van der Waals surface area contributed by atoms with Crippen molar-refractivity contribution in [3.8, 4) is 0 Å². The standard InChI is InChI=1S/C27H44O4/c1-15-11-23(29)27(30-14-15)16(2)24-22(31-27)13-21-19-6-5-17-12-18(28)7-9-25(17,3)20(19)8-10-26(21,24)4/h15-24,28-29H,5-14H2,1-4H3/t15-,16-,17-,18-,19+,20+,21+,22-,23-,24-,25-,26-,27-/m0/s1. The van der Waals surface area contributed by atoms with Crippen molar-refractivity contribution in [1.82, 2.24) is 0 Å². The molecule has 1 spiro atoms. The summed E-state index contributed by atoms with van der Waals surface area (Å²) in [6.45, 7) is 10.3. The monoisotopic (exact) mass is 432 g/mol. The molecule has 2 aliphatic heterocycles. The van der Waals surface area contributed by atoms with E-state index in [1.807, 2.05) is 0 Å².